The van der Waals surface area contributed by atoms with Gasteiger partial charge in [0.05, 0.1) is 11.4 Å². The zero-order valence-electron chi connectivity index (χ0n) is 13.6. The van der Waals surface area contributed by atoms with Crippen LogP contribution in [0.5, 0.6) is 0 Å². The van der Waals surface area contributed by atoms with Crippen molar-refractivity contribution >= 4 is 29.0 Å². The van der Waals surface area contributed by atoms with Crippen molar-refractivity contribution in [1.82, 2.24) is 5.32 Å². The highest BCUT2D eigenvalue weighted by Gasteiger charge is 2.23. The summed E-state index contributed by atoms with van der Waals surface area (Å²) in [7, 11) is 0. The van der Waals surface area contributed by atoms with Crippen LogP contribution in [-0.2, 0) is 4.79 Å². The number of hydrogen-bond donors (Lipinski definition) is 1. The van der Waals surface area contributed by atoms with E-state index in [0.717, 1.165) is 6.42 Å². The molecule has 120 valence electrons. The van der Waals surface area contributed by atoms with Gasteiger partial charge in [0.25, 0.3) is 0 Å². The van der Waals surface area contributed by atoms with Gasteiger partial charge in [-0.15, -0.1) is 0 Å². The van der Waals surface area contributed by atoms with Gasteiger partial charge in [0.2, 0.25) is 5.91 Å². The highest BCUT2D eigenvalue weighted by molar-refractivity contribution is 7.99. The first kappa shape index (κ1) is 15.9. The van der Waals surface area contributed by atoms with E-state index in [1.54, 1.807) is 11.8 Å². The molecule has 0 bridgehead atoms. The van der Waals surface area contributed by atoms with E-state index in [1.165, 1.54) is 21.2 Å². The van der Waals surface area contributed by atoms with Gasteiger partial charge in [-0.1, -0.05) is 43.0 Å². The molecule has 2 aromatic rings. The minimum absolute atomic E-state index is 0.118. The molecule has 1 amide bonds. The fourth-order valence-electron chi connectivity index (χ4n) is 2.68. The predicted octanol–water partition coefficient (Wildman–Crippen LogP) is 4.59. The number of nitrogens with one attached hydrogen (secondary N) is 1. The Morgan fingerprint density at radius 1 is 1.09 bits per heavy atom. The van der Waals surface area contributed by atoms with Crippen LogP contribution in [0.1, 0.15) is 26.7 Å². The molecule has 0 saturated carbocycles. The second-order valence-electron chi connectivity index (χ2n) is 5.82. The normalized spacial score (nSPS) is 13.9. The number of carbonyl (C=O) groups is 1. The Hall–Kier alpha value is -1.94. The Bertz CT molecular complexity index is 656. The first-order chi connectivity index (χ1) is 11.2. The molecule has 0 aromatic heterocycles. The molecule has 3 nitrogen and oxygen atoms in total. The molecule has 1 aliphatic heterocycles. The number of fused-ring (bicyclic) bond motifs is 2. The van der Waals surface area contributed by atoms with Crippen LogP contribution in [0.3, 0.4) is 0 Å². The van der Waals surface area contributed by atoms with E-state index in [1.807, 2.05) is 6.92 Å². The third-order valence-corrected chi connectivity index (χ3v) is 5.24. The number of amides is 1. The lowest BCUT2D eigenvalue weighted by atomic mass is 10.2. The third kappa shape index (κ3) is 3.53. The molecule has 1 unspecified atom stereocenters. The number of carbonyl (C=O) groups excluding carboxylic acids is 1. The van der Waals surface area contributed by atoms with Crippen LogP contribution in [-0.4, -0.2) is 18.5 Å². The SMILES string of the molecule is CCC(C)NC(=O)CCN1c2ccccc2Sc2ccccc21. The van der Waals surface area contributed by atoms with E-state index in [0.29, 0.717) is 13.0 Å². The van der Waals surface area contributed by atoms with Gasteiger partial charge in [-0.05, 0) is 37.6 Å². The number of benzene rings is 2. The quantitative estimate of drug-likeness (QED) is 0.872. The molecule has 23 heavy (non-hydrogen) atoms. The van der Waals surface area contributed by atoms with Gasteiger partial charge in [-0.3, -0.25) is 4.79 Å². The van der Waals surface area contributed by atoms with Gasteiger partial charge in [-0.25, -0.2) is 0 Å². The van der Waals surface area contributed by atoms with E-state index in [9.17, 15) is 4.79 Å². The Morgan fingerprint density at radius 2 is 1.65 bits per heavy atom. The van der Waals surface area contributed by atoms with Crippen LogP contribution in [0.2, 0.25) is 0 Å². The summed E-state index contributed by atoms with van der Waals surface area (Å²) in [5, 5.41) is 3.05. The lowest BCUT2D eigenvalue weighted by molar-refractivity contribution is -0.121. The average Bonchev–Trinajstić information content (AvgIpc) is 2.58. The molecule has 0 aliphatic carbocycles. The van der Waals surface area contributed by atoms with Crippen molar-refractivity contribution in [3.63, 3.8) is 0 Å². The van der Waals surface area contributed by atoms with Crippen LogP contribution in [0.15, 0.2) is 58.3 Å². The first-order valence-electron chi connectivity index (χ1n) is 8.12. The summed E-state index contributed by atoms with van der Waals surface area (Å²) in [4.78, 5) is 16.9. The molecule has 0 fully saturated rings. The molecular weight excluding hydrogens is 304 g/mol. The van der Waals surface area contributed by atoms with E-state index in [4.69, 9.17) is 0 Å². The van der Waals surface area contributed by atoms with Crippen molar-refractivity contribution in [2.24, 2.45) is 0 Å². The van der Waals surface area contributed by atoms with Crippen LogP contribution in [0.25, 0.3) is 0 Å². The molecule has 2 aromatic carbocycles. The summed E-state index contributed by atoms with van der Waals surface area (Å²) >= 11 is 1.79. The molecule has 0 spiro atoms. The van der Waals surface area contributed by atoms with Gasteiger partial charge in [-0.2, -0.15) is 0 Å². The highest BCUT2D eigenvalue weighted by Crippen LogP contribution is 2.47. The Kier molecular flexibility index (Phi) is 4.91. The van der Waals surface area contributed by atoms with Crippen molar-refractivity contribution in [2.75, 3.05) is 11.4 Å². The largest absolute Gasteiger partial charge is 0.354 e. The van der Waals surface area contributed by atoms with Gasteiger partial charge >= 0.3 is 0 Å². The number of para-hydroxylation sites is 2. The smallest absolute Gasteiger partial charge is 0.221 e. The lowest BCUT2D eigenvalue weighted by Crippen LogP contribution is -2.34. The van der Waals surface area contributed by atoms with Crippen LogP contribution >= 0.6 is 11.8 Å². The number of hydrogen-bond acceptors (Lipinski definition) is 3. The second-order valence-corrected chi connectivity index (χ2v) is 6.90. The Labute approximate surface area is 142 Å². The maximum Gasteiger partial charge on any atom is 0.221 e. The van der Waals surface area contributed by atoms with E-state index in [-0.39, 0.29) is 11.9 Å². The van der Waals surface area contributed by atoms with Crippen molar-refractivity contribution in [1.29, 1.82) is 0 Å². The van der Waals surface area contributed by atoms with Gasteiger partial charge in [0, 0.05) is 28.8 Å². The second kappa shape index (κ2) is 7.09. The molecule has 1 aliphatic rings. The van der Waals surface area contributed by atoms with Crippen molar-refractivity contribution < 1.29 is 4.79 Å². The number of anilines is 2. The lowest BCUT2D eigenvalue weighted by Gasteiger charge is -2.32. The highest BCUT2D eigenvalue weighted by atomic mass is 32.2. The maximum absolute atomic E-state index is 12.1. The third-order valence-electron chi connectivity index (χ3n) is 4.11. The number of nitrogens with zero attached hydrogens (tertiary/aromatic N) is 1. The van der Waals surface area contributed by atoms with Gasteiger partial charge in [0.15, 0.2) is 0 Å². The Balaban J connectivity index is 1.80. The van der Waals surface area contributed by atoms with Crippen molar-refractivity contribution in [3.8, 4) is 0 Å². The van der Waals surface area contributed by atoms with E-state index < -0.39 is 0 Å². The minimum Gasteiger partial charge on any atom is -0.354 e. The summed E-state index contributed by atoms with van der Waals surface area (Å²) in [6.45, 7) is 4.82. The summed E-state index contributed by atoms with van der Waals surface area (Å²) in [5.41, 5.74) is 2.38. The summed E-state index contributed by atoms with van der Waals surface area (Å²) in [5.74, 6) is 0.118. The monoisotopic (exact) mass is 326 g/mol. The molecular formula is C19H22N2OS. The zero-order chi connectivity index (χ0) is 16.2. The summed E-state index contributed by atoms with van der Waals surface area (Å²) in [6, 6.07) is 17.0. The molecule has 0 saturated heterocycles. The van der Waals surface area contributed by atoms with Crippen molar-refractivity contribution in [2.45, 2.75) is 42.5 Å². The standard InChI is InChI=1S/C19H22N2OS/c1-3-14(2)20-19(22)12-13-21-15-8-4-6-10-17(15)23-18-11-7-5-9-16(18)21/h4-11,14H,3,12-13H2,1-2H3,(H,20,22). The van der Waals surface area contributed by atoms with Gasteiger partial charge in [0.1, 0.15) is 0 Å². The van der Waals surface area contributed by atoms with Gasteiger partial charge < -0.3 is 10.2 Å². The minimum atomic E-state index is 0.118. The zero-order valence-corrected chi connectivity index (χ0v) is 14.4. The summed E-state index contributed by atoms with van der Waals surface area (Å²) in [6.07, 6.45) is 1.45. The molecule has 0 radical (unpaired) electrons. The molecule has 1 heterocycles. The summed E-state index contributed by atoms with van der Waals surface area (Å²) < 4.78 is 0. The molecule has 1 N–H and O–H groups in total. The van der Waals surface area contributed by atoms with E-state index >= 15 is 0 Å². The van der Waals surface area contributed by atoms with E-state index in [2.05, 4.69) is 65.7 Å². The molecule has 4 heteroatoms. The maximum atomic E-state index is 12.1. The average molecular weight is 326 g/mol. The first-order valence-corrected chi connectivity index (χ1v) is 8.93. The predicted molar refractivity (Wildman–Crippen MR) is 96.5 cm³/mol. The van der Waals surface area contributed by atoms with Crippen molar-refractivity contribution in [3.05, 3.63) is 48.5 Å². The topological polar surface area (TPSA) is 32.3 Å². The van der Waals surface area contributed by atoms with Crippen LogP contribution in [0, 0.1) is 0 Å². The Morgan fingerprint density at radius 3 is 2.22 bits per heavy atom. The van der Waals surface area contributed by atoms with Crippen LogP contribution in [0.4, 0.5) is 11.4 Å². The fourth-order valence-corrected chi connectivity index (χ4v) is 3.78. The van der Waals surface area contributed by atoms with Crippen LogP contribution < -0.4 is 10.2 Å². The molecule has 3 rings (SSSR count). The number of rotatable bonds is 5. The fraction of sp³-hybridized carbons (Fsp3) is 0.316. The molecule has 1 atom stereocenters.